The number of hydrogen-bond donors (Lipinski definition) is 2. The van der Waals surface area contributed by atoms with Crippen molar-refractivity contribution in [1.82, 2.24) is 4.90 Å². The molecular formula is C23H30N3O4+. The number of rotatable bonds is 7. The fourth-order valence-corrected chi connectivity index (χ4v) is 3.69. The zero-order valence-corrected chi connectivity index (χ0v) is 17.8. The van der Waals surface area contributed by atoms with Crippen LogP contribution in [-0.4, -0.2) is 63.7 Å². The van der Waals surface area contributed by atoms with Gasteiger partial charge in [0.1, 0.15) is 5.75 Å². The largest absolute Gasteiger partial charge is 0.495 e. The molecule has 7 nitrogen and oxygen atoms in total. The Bertz CT molecular complexity index is 866. The molecule has 1 fully saturated rings. The van der Waals surface area contributed by atoms with E-state index in [1.54, 1.807) is 12.0 Å². The van der Waals surface area contributed by atoms with Crippen molar-refractivity contribution in [3.05, 3.63) is 59.7 Å². The Hall–Kier alpha value is -2.90. The molecule has 1 saturated heterocycles. The third-order valence-corrected chi connectivity index (χ3v) is 5.29. The number of ether oxygens (including phenoxy) is 2. The van der Waals surface area contributed by atoms with Crippen LogP contribution in [0, 0.1) is 6.92 Å². The molecule has 0 radical (unpaired) electrons. The van der Waals surface area contributed by atoms with E-state index in [1.807, 2.05) is 62.5 Å². The monoisotopic (exact) mass is 412 g/mol. The predicted molar refractivity (Wildman–Crippen MR) is 115 cm³/mol. The molecule has 0 aliphatic carbocycles. The van der Waals surface area contributed by atoms with Crippen LogP contribution in [0.15, 0.2) is 48.5 Å². The van der Waals surface area contributed by atoms with E-state index in [0.717, 1.165) is 16.0 Å². The van der Waals surface area contributed by atoms with Crippen molar-refractivity contribution in [2.75, 3.05) is 52.3 Å². The summed E-state index contributed by atoms with van der Waals surface area (Å²) in [7, 11) is 3.45. The van der Waals surface area contributed by atoms with Gasteiger partial charge in [0.25, 0.3) is 11.8 Å². The van der Waals surface area contributed by atoms with Crippen molar-refractivity contribution >= 4 is 17.5 Å². The molecule has 2 amide bonds. The molecular weight excluding hydrogens is 382 g/mol. The van der Waals surface area contributed by atoms with Gasteiger partial charge in [-0.05, 0) is 24.6 Å². The molecule has 2 atom stereocenters. The van der Waals surface area contributed by atoms with Gasteiger partial charge in [0.2, 0.25) is 0 Å². The van der Waals surface area contributed by atoms with Crippen LogP contribution in [0.25, 0.3) is 0 Å². The van der Waals surface area contributed by atoms with Gasteiger partial charge in [-0.1, -0.05) is 36.4 Å². The van der Waals surface area contributed by atoms with E-state index in [2.05, 4.69) is 5.32 Å². The number of hydrogen-bond acceptors (Lipinski definition) is 4. The van der Waals surface area contributed by atoms with Crippen molar-refractivity contribution in [3.8, 4) is 5.75 Å². The number of nitrogens with one attached hydrogen (secondary N) is 2. The molecule has 160 valence electrons. The molecule has 0 saturated carbocycles. The maximum Gasteiger partial charge on any atom is 0.287 e. The predicted octanol–water partition coefficient (Wildman–Crippen LogP) is 1.06. The van der Waals surface area contributed by atoms with Gasteiger partial charge in [0, 0.05) is 18.7 Å². The molecule has 2 aromatic rings. The summed E-state index contributed by atoms with van der Waals surface area (Å²) in [6.07, 6.45) is 0. The number of anilines is 1. The van der Waals surface area contributed by atoms with Crippen molar-refractivity contribution in [1.29, 1.82) is 0 Å². The number of benzene rings is 2. The number of quaternary nitrogens is 1. The Kier molecular flexibility index (Phi) is 7.43. The zero-order chi connectivity index (χ0) is 21.5. The number of aryl methyl sites for hydroxylation is 1. The molecule has 7 heteroatoms. The second-order valence-corrected chi connectivity index (χ2v) is 7.55. The minimum atomic E-state index is -0.540. The van der Waals surface area contributed by atoms with Crippen molar-refractivity contribution in [3.63, 3.8) is 0 Å². The number of morpholine rings is 1. The zero-order valence-electron chi connectivity index (χ0n) is 17.8. The Morgan fingerprint density at radius 3 is 2.53 bits per heavy atom. The van der Waals surface area contributed by atoms with E-state index >= 15 is 0 Å². The maximum atomic E-state index is 13.4. The summed E-state index contributed by atoms with van der Waals surface area (Å²) in [5.74, 6) is 0.442. The molecule has 3 rings (SSSR count). The standard InChI is InChI=1S/C23H29N3O4/c1-17-9-10-20(29-3)19(15-17)24-23(28)22(18-7-5-4-6-8-18)25(2)16-21(27)26-11-13-30-14-12-26/h4-10,15,22H,11-14,16H2,1-3H3,(H,24,28)/p+1/t22-/m1/s1. The normalized spacial score (nSPS) is 15.9. The van der Waals surface area contributed by atoms with Crippen LogP contribution in [-0.2, 0) is 14.3 Å². The Labute approximate surface area is 177 Å². The fraction of sp³-hybridized carbons (Fsp3) is 0.391. The van der Waals surface area contributed by atoms with Crippen LogP contribution in [0.5, 0.6) is 5.75 Å². The van der Waals surface area contributed by atoms with E-state index in [9.17, 15) is 9.59 Å². The first-order chi connectivity index (χ1) is 14.5. The highest BCUT2D eigenvalue weighted by molar-refractivity contribution is 5.96. The van der Waals surface area contributed by atoms with Crippen LogP contribution in [0.1, 0.15) is 17.2 Å². The average Bonchev–Trinajstić information content (AvgIpc) is 2.75. The van der Waals surface area contributed by atoms with Gasteiger partial charge in [-0.2, -0.15) is 0 Å². The smallest absolute Gasteiger partial charge is 0.287 e. The lowest BCUT2D eigenvalue weighted by Gasteiger charge is -2.30. The second-order valence-electron chi connectivity index (χ2n) is 7.55. The first-order valence-corrected chi connectivity index (χ1v) is 10.2. The highest BCUT2D eigenvalue weighted by Gasteiger charge is 2.32. The summed E-state index contributed by atoms with van der Waals surface area (Å²) in [6.45, 7) is 4.48. The fourth-order valence-electron chi connectivity index (χ4n) is 3.69. The molecule has 1 aliphatic heterocycles. The molecule has 30 heavy (non-hydrogen) atoms. The summed E-state index contributed by atoms with van der Waals surface area (Å²) in [5.41, 5.74) is 2.50. The summed E-state index contributed by atoms with van der Waals surface area (Å²) in [5, 5.41) is 3.00. The number of carbonyl (C=O) groups is 2. The van der Waals surface area contributed by atoms with Gasteiger partial charge >= 0.3 is 0 Å². The van der Waals surface area contributed by atoms with E-state index in [1.165, 1.54) is 0 Å². The Morgan fingerprint density at radius 1 is 1.17 bits per heavy atom. The van der Waals surface area contributed by atoms with Crippen molar-refractivity contribution in [2.45, 2.75) is 13.0 Å². The van der Waals surface area contributed by atoms with Gasteiger partial charge in [-0.15, -0.1) is 0 Å². The van der Waals surface area contributed by atoms with Crippen LogP contribution < -0.4 is 15.0 Å². The molecule has 1 heterocycles. The van der Waals surface area contributed by atoms with E-state index in [0.29, 0.717) is 37.7 Å². The lowest BCUT2D eigenvalue weighted by atomic mass is 10.0. The van der Waals surface area contributed by atoms with Gasteiger partial charge < -0.3 is 24.6 Å². The van der Waals surface area contributed by atoms with Gasteiger partial charge in [-0.3, -0.25) is 9.59 Å². The van der Waals surface area contributed by atoms with Crippen molar-refractivity contribution in [2.24, 2.45) is 0 Å². The summed E-state index contributed by atoms with van der Waals surface area (Å²) in [6, 6.07) is 14.7. The van der Waals surface area contributed by atoms with Crippen molar-refractivity contribution < 1.29 is 24.0 Å². The Morgan fingerprint density at radius 2 is 1.87 bits per heavy atom. The van der Waals surface area contributed by atoms with Crippen LogP contribution >= 0.6 is 0 Å². The van der Waals surface area contributed by atoms with Crippen LogP contribution in [0.4, 0.5) is 5.69 Å². The number of carbonyl (C=O) groups excluding carboxylic acids is 2. The molecule has 1 unspecified atom stereocenters. The van der Waals surface area contributed by atoms with E-state index < -0.39 is 6.04 Å². The lowest BCUT2D eigenvalue weighted by Crippen LogP contribution is -3.11. The Balaban J connectivity index is 1.81. The first kappa shape index (κ1) is 21.8. The minimum Gasteiger partial charge on any atom is -0.495 e. The van der Waals surface area contributed by atoms with Gasteiger partial charge in [0.05, 0.1) is 33.1 Å². The molecule has 0 bridgehead atoms. The summed E-state index contributed by atoms with van der Waals surface area (Å²) < 4.78 is 10.7. The number of methoxy groups -OCH3 is 1. The third-order valence-electron chi connectivity index (χ3n) is 5.29. The molecule has 0 aromatic heterocycles. The molecule has 2 N–H and O–H groups in total. The summed E-state index contributed by atoms with van der Waals surface area (Å²) >= 11 is 0. The quantitative estimate of drug-likeness (QED) is 0.713. The minimum absolute atomic E-state index is 0.0256. The average molecular weight is 413 g/mol. The van der Waals surface area contributed by atoms with Gasteiger partial charge in [-0.25, -0.2) is 0 Å². The second kappa shape index (κ2) is 10.2. The van der Waals surface area contributed by atoms with E-state index in [4.69, 9.17) is 9.47 Å². The highest BCUT2D eigenvalue weighted by Crippen LogP contribution is 2.26. The van der Waals surface area contributed by atoms with E-state index in [-0.39, 0.29) is 18.4 Å². The molecule has 0 spiro atoms. The molecule has 1 aliphatic rings. The summed E-state index contributed by atoms with van der Waals surface area (Å²) in [4.78, 5) is 28.7. The highest BCUT2D eigenvalue weighted by atomic mass is 16.5. The third kappa shape index (κ3) is 5.37. The number of likely N-dealkylation sites (N-methyl/N-ethyl adjacent to an activating group) is 1. The number of nitrogens with zero attached hydrogens (tertiary/aromatic N) is 1. The SMILES string of the molecule is COc1ccc(C)cc1NC(=O)[C@@H](c1ccccc1)[NH+](C)CC(=O)N1CCOCC1. The topological polar surface area (TPSA) is 72.3 Å². The van der Waals surface area contributed by atoms with Crippen LogP contribution in [0.3, 0.4) is 0 Å². The van der Waals surface area contributed by atoms with Gasteiger partial charge in [0.15, 0.2) is 12.6 Å². The first-order valence-electron chi connectivity index (χ1n) is 10.2. The van der Waals surface area contributed by atoms with Crippen LogP contribution in [0.2, 0.25) is 0 Å². The molecule has 2 aromatic carbocycles. The number of amides is 2. The maximum absolute atomic E-state index is 13.4. The lowest BCUT2D eigenvalue weighted by molar-refractivity contribution is -0.894.